The molecule has 0 spiro atoms. The van der Waals surface area contributed by atoms with Crippen molar-refractivity contribution in [2.45, 2.75) is 31.0 Å². The highest BCUT2D eigenvalue weighted by Gasteiger charge is 2.31. The van der Waals surface area contributed by atoms with E-state index in [-0.39, 0.29) is 23.4 Å². The van der Waals surface area contributed by atoms with Gasteiger partial charge in [-0.25, -0.2) is 4.39 Å². The Balaban J connectivity index is 1.19. The minimum atomic E-state index is -0.528. The van der Waals surface area contributed by atoms with E-state index >= 15 is 0 Å². The maximum absolute atomic E-state index is 14.1. The van der Waals surface area contributed by atoms with E-state index in [1.807, 2.05) is 66.1 Å². The third-order valence-electron chi connectivity index (χ3n) is 7.09. The second kappa shape index (κ2) is 13.0. The third-order valence-corrected chi connectivity index (χ3v) is 8.10. The minimum Gasteiger partial charge on any atom is -0.497 e. The van der Waals surface area contributed by atoms with Gasteiger partial charge >= 0.3 is 0 Å². The fourth-order valence-corrected chi connectivity index (χ4v) is 5.83. The third kappa shape index (κ3) is 6.43. The molecule has 1 aromatic heterocycles. The fourth-order valence-electron chi connectivity index (χ4n) is 4.94. The van der Waals surface area contributed by atoms with Crippen molar-refractivity contribution in [2.24, 2.45) is 0 Å². The monoisotopic (exact) mass is 573 g/mol. The Hall–Kier alpha value is -4.18. The molecule has 1 aliphatic heterocycles. The van der Waals surface area contributed by atoms with Gasteiger partial charge < -0.3 is 14.5 Å². The second-order valence-electron chi connectivity index (χ2n) is 9.83. The summed E-state index contributed by atoms with van der Waals surface area (Å²) in [6.45, 7) is 3.13. The van der Waals surface area contributed by atoms with Gasteiger partial charge in [-0.15, -0.1) is 10.2 Å². The van der Waals surface area contributed by atoms with E-state index < -0.39 is 5.82 Å². The fraction of sp³-hybridized carbons (Fsp3) is 0.290. The lowest BCUT2D eigenvalue weighted by atomic mass is 10.1. The zero-order valence-corrected chi connectivity index (χ0v) is 23.9. The van der Waals surface area contributed by atoms with Crippen LogP contribution >= 0.6 is 11.8 Å². The highest BCUT2D eigenvalue weighted by molar-refractivity contribution is 7.99. The highest BCUT2D eigenvalue weighted by Crippen LogP contribution is 2.30. The van der Waals surface area contributed by atoms with Gasteiger partial charge in [0.1, 0.15) is 11.6 Å². The number of benzene rings is 3. The lowest BCUT2D eigenvalue weighted by molar-refractivity contribution is -0.133. The topological polar surface area (TPSA) is 80.6 Å². The molecule has 0 saturated carbocycles. The van der Waals surface area contributed by atoms with Crippen molar-refractivity contribution < 1.29 is 18.7 Å². The number of amides is 2. The van der Waals surface area contributed by atoms with Crippen LogP contribution in [0.4, 0.5) is 4.39 Å². The largest absolute Gasteiger partial charge is 0.497 e. The molecule has 1 fully saturated rings. The van der Waals surface area contributed by atoms with Crippen LogP contribution in [0, 0.1) is 5.82 Å². The lowest BCUT2D eigenvalue weighted by Crippen LogP contribution is -2.55. The molecule has 0 aliphatic carbocycles. The predicted molar refractivity (Wildman–Crippen MR) is 157 cm³/mol. The quantitative estimate of drug-likeness (QED) is 0.199. The van der Waals surface area contributed by atoms with Crippen molar-refractivity contribution in [1.29, 1.82) is 0 Å². The lowest BCUT2D eigenvalue weighted by Gasteiger charge is -2.40. The average Bonchev–Trinajstić information content (AvgIpc) is 3.43. The van der Waals surface area contributed by atoms with Crippen LogP contribution in [-0.2, 0) is 4.79 Å². The molecule has 0 N–H and O–H groups in total. The summed E-state index contributed by atoms with van der Waals surface area (Å²) in [5.41, 5.74) is 1.91. The van der Waals surface area contributed by atoms with E-state index in [2.05, 4.69) is 10.2 Å². The predicted octanol–water partition coefficient (Wildman–Crippen LogP) is 5.33. The Bertz CT molecular complexity index is 1510. The van der Waals surface area contributed by atoms with Gasteiger partial charge in [-0.3, -0.25) is 14.2 Å². The van der Waals surface area contributed by atoms with E-state index in [4.69, 9.17) is 4.74 Å². The number of halogens is 1. The molecule has 2 heterocycles. The highest BCUT2D eigenvalue weighted by atomic mass is 32.2. The summed E-state index contributed by atoms with van der Waals surface area (Å²) in [6.07, 6.45) is 1.06. The van der Waals surface area contributed by atoms with Crippen LogP contribution in [0.2, 0.25) is 0 Å². The van der Waals surface area contributed by atoms with Crippen LogP contribution in [0.1, 0.15) is 30.1 Å². The summed E-state index contributed by atoms with van der Waals surface area (Å²) in [5, 5.41) is 9.71. The van der Waals surface area contributed by atoms with Gasteiger partial charge in [-0.05, 0) is 49.7 Å². The van der Waals surface area contributed by atoms with Crippen molar-refractivity contribution in [3.63, 3.8) is 0 Å². The first kappa shape index (κ1) is 28.4. The van der Waals surface area contributed by atoms with Crippen LogP contribution in [0.15, 0.2) is 84.0 Å². The molecule has 8 nitrogen and oxygen atoms in total. The van der Waals surface area contributed by atoms with Gasteiger partial charge in [0, 0.05) is 49.1 Å². The Morgan fingerprint density at radius 1 is 1.00 bits per heavy atom. The molecule has 1 atom stereocenters. The van der Waals surface area contributed by atoms with E-state index in [1.165, 1.54) is 12.1 Å². The number of thioether (sulfide) groups is 1. The summed E-state index contributed by atoms with van der Waals surface area (Å²) >= 11 is 1.56. The van der Waals surface area contributed by atoms with Gasteiger partial charge in [-0.2, -0.15) is 0 Å². The number of hydrogen-bond donors (Lipinski definition) is 0. The van der Waals surface area contributed by atoms with Crippen LogP contribution in [-0.4, -0.2) is 74.9 Å². The van der Waals surface area contributed by atoms with Crippen molar-refractivity contribution in [2.75, 3.05) is 32.5 Å². The molecule has 2 amide bonds. The maximum atomic E-state index is 14.1. The molecule has 0 bridgehead atoms. The molecular weight excluding hydrogens is 541 g/mol. The van der Waals surface area contributed by atoms with E-state index in [1.54, 1.807) is 40.8 Å². The van der Waals surface area contributed by atoms with E-state index in [0.717, 1.165) is 22.2 Å². The second-order valence-corrected chi connectivity index (χ2v) is 10.9. The van der Waals surface area contributed by atoms with E-state index in [9.17, 15) is 14.0 Å². The van der Waals surface area contributed by atoms with Crippen LogP contribution in [0.25, 0.3) is 17.1 Å². The SMILES string of the molecule is COc1cccc(-c2nnc(SCCCC(=O)N3CCN(C(=O)c4ccccc4F)C(C)C3)n2-c2ccccc2)c1. The average molecular weight is 574 g/mol. The normalized spacial score (nSPS) is 15.1. The number of ether oxygens (including phenoxy) is 1. The van der Waals surface area contributed by atoms with Crippen LogP contribution < -0.4 is 4.74 Å². The number of rotatable bonds is 9. The Kier molecular flexibility index (Phi) is 8.98. The van der Waals surface area contributed by atoms with Crippen molar-refractivity contribution in [3.8, 4) is 22.8 Å². The standard InChI is InChI=1S/C31H32FN5O3S/c1-22-21-35(17-18-36(22)30(39)26-14-6-7-15-27(26)32)28(38)16-9-19-41-31-34-33-29(23-10-8-13-25(20-23)40-2)37(31)24-11-4-3-5-12-24/h3-8,10-15,20,22H,9,16-19,21H2,1-2H3. The number of piperazine rings is 1. The Labute approximate surface area is 243 Å². The van der Waals surface area contributed by atoms with Crippen molar-refractivity contribution in [1.82, 2.24) is 24.6 Å². The number of aromatic nitrogens is 3. The number of nitrogens with zero attached hydrogens (tertiary/aromatic N) is 5. The molecular formula is C31H32FN5O3S. The summed E-state index contributed by atoms with van der Waals surface area (Å²) in [7, 11) is 1.63. The molecule has 1 saturated heterocycles. The molecule has 1 aliphatic rings. The van der Waals surface area contributed by atoms with Gasteiger partial charge in [-0.1, -0.05) is 54.2 Å². The number of carbonyl (C=O) groups is 2. The molecule has 4 aromatic rings. The molecule has 5 rings (SSSR count). The van der Waals surface area contributed by atoms with Gasteiger partial charge in [0.15, 0.2) is 11.0 Å². The summed E-state index contributed by atoms with van der Waals surface area (Å²) in [4.78, 5) is 29.3. The van der Waals surface area contributed by atoms with Crippen LogP contribution in [0.3, 0.4) is 0 Å². The molecule has 41 heavy (non-hydrogen) atoms. The molecule has 10 heteroatoms. The smallest absolute Gasteiger partial charge is 0.257 e. The van der Waals surface area contributed by atoms with Gasteiger partial charge in [0.05, 0.1) is 12.7 Å². The first-order valence-corrected chi connectivity index (χ1v) is 14.6. The first-order chi connectivity index (χ1) is 20.0. The summed E-state index contributed by atoms with van der Waals surface area (Å²) in [5.74, 6) is 1.33. The zero-order chi connectivity index (χ0) is 28.8. The number of hydrogen-bond acceptors (Lipinski definition) is 6. The van der Waals surface area contributed by atoms with Gasteiger partial charge in [0.2, 0.25) is 5.91 Å². The minimum absolute atomic E-state index is 0.0528. The summed E-state index contributed by atoms with van der Waals surface area (Å²) in [6, 6.07) is 23.5. The van der Waals surface area contributed by atoms with Gasteiger partial charge in [0.25, 0.3) is 5.91 Å². The number of carbonyl (C=O) groups excluding carboxylic acids is 2. The number of methoxy groups -OCH3 is 1. The first-order valence-electron chi connectivity index (χ1n) is 13.6. The van der Waals surface area contributed by atoms with Crippen LogP contribution in [0.5, 0.6) is 5.75 Å². The van der Waals surface area contributed by atoms with Crippen molar-refractivity contribution in [3.05, 3.63) is 90.2 Å². The molecule has 0 radical (unpaired) electrons. The molecule has 1 unspecified atom stereocenters. The maximum Gasteiger partial charge on any atom is 0.257 e. The summed E-state index contributed by atoms with van der Waals surface area (Å²) < 4.78 is 21.6. The Morgan fingerprint density at radius 3 is 2.54 bits per heavy atom. The Morgan fingerprint density at radius 2 is 1.78 bits per heavy atom. The number of para-hydroxylation sites is 1. The molecule has 212 valence electrons. The molecule has 3 aromatic carbocycles. The zero-order valence-electron chi connectivity index (χ0n) is 23.1. The van der Waals surface area contributed by atoms with Crippen molar-refractivity contribution >= 4 is 23.6 Å². The van der Waals surface area contributed by atoms with E-state index in [0.29, 0.717) is 44.1 Å².